The van der Waals surface area contributed by atoms with Crippen molar-refractivity contribution < 1.29 is 19.1 Å². The topological polar surface area (TPSA) is 88.1 Å². The molecule has 9 heteroatoms. The highest BCUT2D eigenvalue weighted by atomic mass is 16.6. The maximum Gasteiger partial charge on any atom is 0.409 e. The minimum absolute atomic E-state index is 0.149. The average molecular weight is 480 g/mol. The molecule has 0 N–H and O–H groups in total. The summed E-state index contributed by atoms with van der Waals surface area (Å²) in [7, 11) is 0. The molecule has 2 amide bonds. The number of rotatable bonds is 6. The lowest BCUT2D eigenvalue weighted by Gasteiger charge is -2.36. The fourth-order valence-corrected chi connectivity index (χ4v) is 5.32. The van der Waals surface area contributed by atoms with Gasteiger partial charge in [0.1, 0.15) is 5.75 Å². The molecule has 186 valence electrons. The van der Waals surface area contributed by atoms with Gasteiger partial charge in [-0.15, -0.1) is 0 Å². The minimum atomic E-state index is -0.276. The zero-order valence-corrected chi connectivity index (χ0v) is 20.3. The van der Waals surface area contributed by atoms with Gasteiger partial charge in [-0.25, -0.2) is 14.8 Å². The van der Waals surface area contributed by atoms with E-state index in [1.54, 1.807) is 23.4 Å². The summed E-state index contributed by atoms with van der Waals surface area (Å²) in [5.74, 6) is 1.15. The summed E-state index contributed by atoms with van der Waals surface area (Å²) in [6, 6.07) is 10.2. The van der Waals surface area contributed by atoms with Gasteiger partial charge in [-0.3, -0.25) is 9.69 Å². The first kappa shape index (κ1) is 23.5. The number of likely N-dealkylation sites (tertiary alicyclic amines) is 1. The first-order valence-corrected chi connectivity index (χ1v) is 12.5. The van der Waals surface area contributed by atoms with Crippen LogP contribution in [0, 0.1) is 11.3 Å². The summed E-state index contributed by atoms with van der Waals surface area (Å²) >= 11 is 0. The Morgan fingerprint density at radius 2 is 1.63 bits per heavy atom. The number of amides is 2. The Balaban J connectivity index is 1.06. The smallest absolute Gasteiger partial charge is 0.409 e. The molecule has 0 radical (unpaired) electrons. The highest BCUT2D eigenvalue weighted by molar-refractivity contribution is 5.83. The van der Waals surface area contributed by atoms with Crippen LogP contribution in [0.2, 0.25) is 0 Å². The number of carbonyl (C=O) groups is 2. The van der Waals surface area contributed by atoms with Crippen molar-refractivity contribution in [2.24, 2.45) is 11.3 Å². The third-order valence-corrected chi connectivity index (χ3v) is 7.54. The number of ether oxygens (including phenoxy) is 2. The van der Waals surface area contributed by atoms with E-state index in [1.165, 1.54) is 5.56 Å². The molecule has 2 saturated heterocycles. The molecular formula is C26H33N5O4. The number of piperazine rings is 1. The summed E-state index contributed by atoms with van der Waals surface area (Å²) in [6.07, 6.45) is 6.18. The highest BCUT2D eigenvalue weighted by Gasteiger charge is 2.59. The Kier molecular flexibility index (Phi) is 6.86. The summed E-state index contributed by atoms with van der Waals surface area (Å²) in [5, 5.41) is 0. The SMILES string of the molecule is CCOC(=O)N1CCN(C(=O)[C@@H]2CC23CCN(Cc2ccc(Oc4ncccn4)cc2)CC3)CC1. The number of benzene rings is 1. The van der Waals surface area contributed by atoms with Crippen LogP contribution in [-0.4, -0.2) is 82.5 Å². The third kappa shape index (κ3) is 5.40. The lowest BCUT2D eigenvalue weighted by Crippen LogP contribution is -2.51. The molecule has 1 saturated carbocycles. The molecule has 1 spiro atoms. The van der Waals surface area contributed by atoms with Crippen molar-refractivity contribution in [1.29, 1.82) is 0 Å². The normalized spacial score (nSPS) is 21.6. The molecule has 5 rings (SSSR count). The van der Waals surface area contributed by atoms with E-state index in [0.29, 0.717) is 38.8 Å². The first-order chi connectivity index (χ1) is 17.1. The second-order valence-corrected chi connectivity index (χ2v) is 9.68. The van der Waals surface area contributed by atoms with Crippen molar-refractivity contribution in [3.63, 3.8) is 0 Å². The van der Waals surface area contributed by atoms with Gasteiger partial charge >= 0.3 is 12.1 Å². The maximum absolute atomic E-state index is 13.1. The first-order valence-electron chi connectivity index (χ1n) is 12.5. The van der Waals surface area contributed by atoms with Crippen LogP contribution >= 0.6 is 0 Å². The fraction of sp³-hybridized carbons (Fsp3) is 0.538. The van der Waals surface area contributed by atoms with Crippen molar-refractivity contribution in [3.05, 3.63) is 48.3 Å². The molecule has 9 nitrogen and oxygen atoms in total. The Bertz CT molecular complexity index is 1020. The van der Waals surface area contributed by atoms with Crippen LogP contribution in [0.5, 0.6) is 11.8 Å². The van der Waals surface area contributed by atoms with Crippen LogP contribution < -0.4 is 4.74 Å². The van der Waals surface area contributed by atoms with Gasteiger partial charge in [-0.2, -0.15) is 0 Å². The summed E-state index contributed by atoms with van der Waals surface area (Å²) in [5.41, 5.74) is 1.42. The van der Waals surface area contributed by atoms with Crippen LogP contribution in [0.1, 0.15) is 31.7 Å². The lowest BCUT2D eigenvalue weighted by atomic mass is 9.90. The molecule has 3 fully saturated rings. The van der Waals surface area contributed by atoms with Gasteiger partial charge in [0, 0.05) is 51.0 Å². The fourth-order valence-electron chi connectivity index (χ4n) is 5.32. The summed E-state index contributed by atoms with van der Waals surface area (Å²) < 4.78 is 10.8. The Morgan fingerprint density at radius 3 is 2.29 bits per heavy atom. The van der Waals surface area contributed by atoms with E-state index >= 15 is 0 Å². The molecule has 0 unspecified atom stereocenters. The monoisotopic (exact) mass is 479 g/mol. The Labute approximate surface area is 206 Å². The molecular weight excluding hydrogens is 446 g/mol. The predicted octanol–water partition coefficient (Wildman–Crippen LogP) is 3.17. The van der Waals surface area contributed by atoms with Crippen LogP contribution in [0.15, 0.2) is 42.7 Å². The standard InChI is InChI=1S/C26H33N5O4/c1-2-34-25(33)31-16-14-30(15-17-31)23(32)22-18-26(22)8-12-29(13-9-26)19-20-4-6-21(7-5-20)35-24-27-10-3-11-28-24/h3-7,10-11,22H,2,8-9,12-19H2,1H3/t22-/m0/s1. The largest absolute Gasteiger partial charge is 0.450 e. The van der Waals surface area contributed by atoms with E-state index in [-0.39, 0.29) is 23.3 Å². The van der Waals surface area contributed by atoms with Crippen molar-refractivity contribution in [3.8, 4) is 11.8 Å². The van der Waals surface area contributed by atoms with Crippen LogP contribution in [0.4, 0.5) is 4.79 Å². The van der Waals surface area contributed by atoms with Gasteiger partial charge in [0.15, 0.2) is 0 Å². The van der Waals surface area contributed by atoms with E-state index in [4.69, 9.17) is 9.47 Å². The molecule has 2 aromatic rings. The van der Waals surface area contributed by atoms with Crippen molar-refractivity contribution >= 4 is 12.0 Å². The minimum Gasteiger partial charge on any atom is -0.450 e. The number of hydrogen-bond acceptors (Lipinski definition) is 7. The van der Waals surface area contributed by atoms with Crippen molar-refractivity contribution in [2.75, 3.05) is 45.9 Å². The van der Waals surface area contributed by atoms with Gasteiger partial charge in [-0.1, -0.05) is 12.1 Å². The van der Waals surface area contributed by atoms with E-state index in [0.717, 1.165) is 44.6 Å². The average Bonchev–Trinajstić information content (AvgIpc) is 3.60. The molecule has 0 bridgehead atoms. The second-order valence-electron chi connectivity index (χ2n) is 9.68. The molecule has 1 atom stereocenters. The maximum atomic E-state index is 13.1. The molecule has 1 aliphatic carbocycles. The number of piperidine rings is 1. The van der Waals surface area contributed by atoms with Crippen molar-refractivity contribution in [2.45, 2.75) is 32.7 Å². The highest BCUT2D eigenvalue weighted by Crippen LogP contribution is 2.60. The quantitative estimate of drug-likeness (QED) is 0.629. The molecule has 35 heavy (non-hydrogen) atoms. The second kappa shape index (κ2) is 10.2. The number of hydrogen-bond donors (Lipinski definition) is 0. The lowest BCUT2D eigenvalue weighted by molar-refractivity contribution is -0.135. The summed E-state index contributed by atoms with van der Waals surface area (Å²) in [6.45, 7) is 7.42. The van der Waals surface area contributed by atoms with Gasteiger partial charge in [0.25, 0.3) is 0 Å². The number of aromatic nitrogens is 2. The van der Waals surface area contributed by atoms with E-state index < -0.39 is 0 Å². The molecule has 1 aromatic carbocycles. The molecule has 3 aliphatic rings. The van der Waals surface area contributed by atoms with E-state index in [2.05, 4.69) is 27.0 Å². The van der Waals surface area contributed by atoms with Gasteiger partial charge in [0.05, 0.1) is 6.61 Å². The third-order valence-electron chi connectivity index (χ3n) is 7.54. The number of carbonyl (C=O) groups excluding carboxylic acids is 2. The zero-order chi connectivity index (χ0) is 24.3. The van der Waals surface area contributed by atoms with Gasteiger partial charge in [0.2, 0.25) is 5.91 Å². The molecule has 2 aliphatic heterocycles. The van der Waals surface area contributed by atoms with Crippen LogP contribution in [0.25, 0.3) is 0 Å². The molecule has 1 aromatic heterocycles. The van der Waals surface area contributed by atoms with Crippen LogP contribution in [-0.2, 0) is 16.1 Å². The predicted molar refractivity (Wildman–Crippen MR) is 129 cm³/mol. The van der Waals surface area contributed by atoms with Crippen molar-refractivity contribution in [1.82, 2.24) is 24.7 Å². The summed E-state index contributed by atoms with van der Waals surface area (Å²) in [4.78, 5) is 39.3. The van der Waals surface area contributed by atoms with E-state index in [9.17, 15) is 9.59 Å². The number of nitrogens with zero attached hydrogens (tertiary/aromatic N) is 5. The molecule has 3 heterocycles. The van der Waals surface area contributed by atoms with E-state index in [1.807, 2.05) is 24.0 Å². The van der Waals surface area contributed by atoms with Crippen LogP contribution in [0.3, 0.4) is 0 Å². The van der Waals surface area contributed by atoms with Gasteiger partial charge in [-0.05, 0) is 68.5 Å². The Morgan fingerprint density at radius 1 is 0.971 bits per heavy atom. The Hall–Kier alpha value is -3.20. The zero-order valence-electron chi connectivity index (χ0n) is 20.3. The van der Waals surface area contributed by atoms with Gasteiger partial charge < -0.3 is 19.3 Å².